The van der Waals surface area contributed by atoms with Crippen LogP contribution in [0.25, 0.3) is 0 Å². The molecule has 32 heavy (non-hydrogen) atoms. The summed E-state index contributed by atoms with van der Waals surface area (Å²) in [6, 6.07) is 6.84. The molecule has 0 saturated carbocycles. The average Bonchev–Trinajstić information content (AvgIpc) is 2.78. The largest absolute Gasteiger partial charge is 0.341 e. The fourth-order valence-corrected chi connectivity index (χ4v) is 3.46. The number of rotatable bonds is 15. The van der Waals surface area contributed by atoms with Crippen LogP contribution in [0, 0.1) is 0 Å². The zero-order valence-electron chi connectivity index (χ0n) is 20.7. The third-order valence-electron chi connectivity index (χ3n) is 5.56. The fraction of sp³-hybridized carbons (Fsp3) is 0.640. The third kappa shape index (κ3) is 9.81. The molecule has 0 unspecified atom stereocenters. The minimum absolute atomic E-state index is 0.00895. The van der Waals surface area contributed by atoms with Gasteiger partial charge in [-0.3, -0.25) is 14.4 Å². The van der Waals surface area contributed by atoms with Crippen LogP contribution in [0.4, 0.5) is 5.69 Å². The highest BCUT2D eigenvalue weighted by atomic mass is 16.2. The standard InChI is InChI=1S/C25H42N4O3/c1-6-10-16-28(17-11-7-2)24(31)20-29(19-18-27(8-3)9-4)25(32)22-12-14-23(15-13-22)26-21(5)30/h12-15H,6-11,16-20H2,1-5H3,(H,26,30). The molecule has 0 saturated heterocycles. The van der Waals surface area contributed by atoms with Gasteiger partial charge in [-0.2, -0.15) is 0 Å². The van der Waals surface area contributed by atoms with Gasteiger partial charge in [-0.15, -0.1) is 0 Å². The fourth-order valence-electron chi connectivity index (χ4n) is 3.46. The van der Waals surface area contributed by atoms with Gasteiger partial charge >= 0.3 is 0 Å². The highest BCUT2D eigenvalue weighted by Crippen LogP contribution is 2.13. The second-order valence-electron chi connectivity index (χ2n) is 8.10. The minimum Gasteiger partial charge on any atom is -0.341 e. The Balaban J connectivity index is 3.00. The molecule has 0 fully saturated rings. The molecule has 7 nitrogen and oxygen atoms in total. The number of benzene rings is 1. The molecular formula is C25H42N4O3. The highest BCUT2D eigenvalue weighted by molar-refractivity contribution is 5.97. The Kier molecular flexibility index (Phi) is 13.3. The van der Waals surface area contributed by atoms with Crippen LogP contribution in [0.5, 0.6) is 0 Å². The van der Waals surface area contributed by atoms with E-state index in [4.69, 9.17) is 0 Å². The first-order valence-corrected chi connectivity index (χ1v) is 12.0. The van der Waals surface area contributed by atoms with Gasteiger partial charge in [-0.1, -0.05) is 40.5 Å². The van der Waals surface area contributed by atoms with E-state index in [1.165, 1.54) is 6.92 Å². The molecule has 0 bridgehead atoms. The Labute approximate surface area is 194 Å². The van der Waals surface area contributed by atoms with Gasteiger partial charge in [0.1, 0.15) is 6.54 Å². The van der Waals surface area contributed by atoms with Crippen molar-refractivity contribution in [2.24, 2.45) is 0 Å². The number of carbonyl (C=O) groups excluding carboxylic acids is 3. The molecule has 0 radical (unpaired) electrons. The maximum Gasteiger partial charge on any atom is 0.254 e. The van der Waals surface area contributed by atoms with Crippen molar-refractivity contribution in [2.75, 3.05) is 51.1 Å². The highest BCUT2D eigenvalue weighted by Gasteiger charge is 2.22. The number of nitrogens with one attached hydrogen (secondary N) is 1. The van der Waals surface area contributed by atoms with Gasteiger partial charge in [0.15, 0.2) is 0 Å². The maximum atomic E-state index is 13.3. The lowest BCUT2D eigenvalue weighted by molar-refractivity contribution is -0.132. The Hall–Kier alpha value is -2.41. The summed E-state index contributed by atoms with van der Waals surface area (Å²) < 4.78 is 0. The van der Waals surface area contributed by atoms with Crippen molar-refractivity contribution in [3.63, 3.8) is 0 Å². The van der Waals surface area contributed by atoms with Crippen LogP contribution in [0.15, 0.2) is 24.3 Å². The van der Waals surface area contributed by atoms with Crippen molar-refractivity contribution >= 4 is 23.4 Å². The quantitative estimate of drug-likeness (QED) is 0.444. The lowest BCUT2D eigenvalue weighted by Crippen LogP contribution is -2.46. The summed E-state index contributed by atoms with van der Waals surface area (Å²) >= 11 is 0. The second-order valence-corrected chi connectivity index (χ2v) is 8.10. The number of hydrogen-bond donors (Lipinski definition) is 1. The summed E-state index contributed by atoms with van der Waals surface area (Å²) in [7, 11) is 0. The zero-order valence-corrected chi connectivity index (χ0v) is 20.7. The topological polar surface area (TPSA) is 73.0 Å². The molecule has 0 heterocycles. The number of carbonyl (C=O) groups is 3. The summed E-state index contributed by atoms with van der Waals surface area (Å²) in [6.45, 7) is 14.4. The Morgan fingerprint density at radius 1 is 0.781 bits per heavy atom. The number of amides is 3. The Morgan fingerprint density at radius 2 is 1.34 bits per heavy atom. The monoisotopic (exact) mass is 446 g/mol. The smallest absolute Gasteiger partial charge is 0.254 e. The van der Waals surface area contributed by atoms with E-state index >= 15 is 0 Å². The normalized spacial score (nSPS) is 10.8. The summed E-state index contributed by atoms with van der Waals surface area (Å²) in [6.07, 6.45) is 3.99. The van der Waals surface area contributed by atoms with E-state index in [9.17, 15) is 14.4 Å². The Bertz CT molecular complexity index is 694. The van der Waals surface area contributed by atoms with Gasteiger partial charge in [-0.05, 0) is 50.2 Å². The van der Waals surface area contributed by atoms with Crippen molar-refractivity contribution in [1.29, 1.82) is 0 Å². The van der Waals surface area contributed by atoms with Gasteiger partial charge in [0.05, 0.1) is 0 Å². The molecule has 1 aromatic carbocycles. The van der Waals surface area contributed by atoms with E-state index in [1.807, 2.05) is 4.90 Å². The van der Waals surface area contributed by atoms with E-state index in [0.29, 0.717) is 17.8 Å². The third-order valence-corrected chi connectivity index (χ3v) is 5.56. The first kappa shape index (κ1) is 27.6. The molecule has 7 heteroatoms. The zero-order chi connectivity index (χ0) is 23.9. The van der Waals surface area contributed by atoms with E-state index < -0.39 is 0 Å². The molecule has 180 valence electrons. The number of likely N-dealkylation sites (N-methyl/N-ethyl adjacent to an activating group) is 1. The molecular weight excluding hydrogens is 404 g/mol. The summed E-state index contributed by atoms with van der Waals surface area (Å²) in [5.74, 6) is -0.310. The van der Waals surface area contributed by atoms with E-state index in [-0.39, 0.29) is 24.3 Å². The first-order chi connectivity index (χ1) is 15.4. The van der Waals surface area contributed by atoms with Gasteiger partial charge in [-0.25, -0.2) is 0 Å². The molecule has 0 aliphatic rings. The second kappa shape index (κ2) is 15.4. The number of anilines is 1. The SMILES string of the molecule is CCCCN(CCCC)C(=O)CN(CCN(CC)CC)C(=O)c1ccc(NC(C)=O)cc1. The van der Waals surface area contributed by atoms with E-state index in [0.717, 1.165) is 58.4 Å². The number of unbranched alkanes of at least 4 members (excludes halogenated alkanes) is 2. The van der Waals surface area contributed by atoms with Gasteiger partial charge in [0.2, 0.25) is 11.8 Å². The molecule has 1 rings (SSSR count). The molecule has 0 aliphatic carbocycles. The molecule has 0 aliphatic heterocycles. The van der Waals surface area contributed by atoms with Crippen LogP contribution in [0.2, 0.25) is 0 Å². The van der Waals surface area contributed by atoms with Gasteiger partial charge < -0.3 is 20.0 Å². The van der Waals surface area contributed by atoms with E-state index in [2.05, 4.69) is 37.9 Å². The molecule has 0 spiro atoms. The number of nitrogens with zero attached hydrogens (tertiary/aromatic N) is 3. The molecule has 0 atom stereocenters. The van der Waals surface area contributed by atoms with Crippen LogP contribution in [0.3, 0.4) is 0 Å². The van der Waals surface area contributed by atoms with Crippen molar-refractivity contribution in [1.82, 2.24) is 14.7 Å². The predicted octanol–water partition coefficient (Wildman–Crippen LogP) is 3.86. The molecule has 0 aromatic heterocycles. The summed E-state index contributed by atoms with van der Waals surface area (Å²) in [4.78, 5) is 43.5. The van der Waals surface area contributed by atoms with Gasteiger partial charge in [0, 0.05) is 44.4 Å². The van der Waals surface area contributed by atoms with Gasteiger partial charge in [0.25, 0.3) is 5.91 Å². The van der Waals surface area contributed by atoms with Crippen molar-refractivity contribution in [2.45, 2.75) is 60.3 Å². The van der Waals surface area contributed by atoms with Crippen molar-refractivity contribution in [3.8, 4) is 0 Å². The van der Waals surface area contributed by atoms with Crippen molar-refractivity contribution < 1.29 is 14.4 Å². The van der Waals surface area contributed by atoms with Crippen LogP contribution < -0.4 is 5.32 Å². The lowest BCUT2D eigenvalue weighted by Gasteiger charge is -2.29. The predicted molar refractivity (Wildman–Crippen MR) is 131 cm³/mol. The Morgan fingerprint density at radius 3 is 1.81 bits per heavy atom. The summed E-state index contributed by atoms with van der Waals surface area (Å²) in [5, 5.41) is 2.71. The van der Waals surface area contributed by atoms with Crippen LogP contribution in [-0.4, -0.2) is 78.2 Å². The van der Waals surface area contributed by atoms with Crippen LogP contribution >= 0.6 is 0 Å². The minimum atomic E-state index is -0.161. The maximum absolute atomic E-state index is 13.3. The average molecular weight is 447 g/mol. The first-order valence-electron chi connectivity index (χ1n) is 12.0. The lowest BCUT2D eigenvalue weighted by atomic mass is 10.1. The van der Waals surface area contributed by atoms with E-state index in [1.54, 1.807) is 29.2 Å². The summed E-state index contributed by atoms with van der Waals surface area (Å²) in [5.41, 5.74) is 1.16. The molecule has 1 N–H and O–H groups in total. The van der Waals surface area contributed by atoms with Crippen LogP contribution in [0.1, 0.15) is 70.7 Å². The molecule has 3 amide bonds. The van der Waals surface area contributed by atoms with Crippen molar-refractivity contribution in [3.05, 3.63) is 29.8 Å². The van der Waals surface area contributed by atoms with Crippen LogP contribution in [-0.2, 0) is 9.59 Å². The number of hydrogen-bond acceptors (Lipinski definition) is 4. The molecule has 1 aromatic rings.